The fourth-order valence-corrected chi connectivity index (χ4v) is 2.94. The minimum atomic E-state index is -0.306. The van der Waals surface area contributed by atoms with Crippen LogP contribution in [0, 0.1) is 0 Å². The summed E-state index contributed by atoms with van der Waals surface area (Å²) in [4.78, 5) is 12.4. The maximum absolute atomic E-state index is 12.4. The molecule has 0 aromatic heterocycles. The van der Waals surface area contributed by atoms with Crippen molar-refractivity contribution in [2.24, 2.45) is 5.10 Å². The van der Waals surface area contributed by atoms with Crippen LogP contribution in [0.25, 0.3) is 0 Å². The van der Waals surface area contributed by atoms with Gasteiger partial charge in [-0.3, -0.25) is 4.79 Å². The van der Waals surface area contributed by atoms with Crippen molar-refractivity contribution in [3.05, 3.63) is 89.5 Å². The van der Waals surface area contributed by atoms with Gasteiger partial charge in [0.15, 0.2) is 0 Å². The number of nitrogens with zero attached hydrogens (tertiary/aromatic N) is 1. The molecule has 172 valence electrons. The van der Waals surface area contributed by atoms with Crippen LogP contribution in [0.2, 0.25) is 0 Å². The zero-order chi connectivity index (χ0) is 23.3. The Kier molecular flexibility index (Phi) is 9.33. The topological polar surface area (TPSA) is 69.2 Å². The molecule has 0 atom stereocenters. The average molecular weight is 447 g/mol. The lowest BCUT2D eigenvalue weighted by molar-refractivity contribution is 0.0955. The van der Waals surface area contributed by atoms with Gasteiger partial charge >= 0.3 is 0 Å². The number of carbonyl (C=O) groups excluding carboxylic acids is 1. The van der Waals surface area contributed by atoms with E-state index in [4.69, 9.17) is 14.2 Å². The van der Waals surface area contributed by atoms with E-state index >= 15 is 0 Å². The van der Waals surface area contributed by atoms with Gasteiger partial charge in [-0.05, 0) is 54.8 Å². The van der Waals surface area contributed by atoms with Crippen LogP contribution < -0.4 is 19.6 Å². The molecule has 6 nitrogen and oxygen atoms in total. The lowest BCUT2D eigenvalue weighted by atomic mass is 10.2. The minimum Gasteiger partial charge on any atom is -0.493 e. The Morgan fingerprint density at radius 3 is 2.27 bits per heavy atom. The molecular weight excluding hydrogens is 416 g/mol. The summed E-state index contributed by atoms with van der Waals surface area (Å²) in [5.74, 6) is 1.81. The van der Waals surface area contributed by atoms with E-state index in [1.54, 1.807) is 30.5 Å². The predicted molar refractivity (Wildman–Crippen MR) is 130 cm³/mol. The normalized spacial score (nSPS) is 10.7. The number of amides is 1. The van der Waals surface area contributed by atoms with Crippen LogP contribution in [0.4, 0.5) is 0 Å². The third-order valence-electron chi connectivity index (χ3n) is 4.65. The summed E-state index contributed by atoms with van der Waals surface area (Å²) in [6.07, 6.45) is 3.39. The van der Waals surface area contributed by atoms with Gasteiger partial charge in [0.05, 0.1) is 19.4 Å². The van der Waals surface area contributed by atoms with E-state index in [2.05, 4.69) is 17.5 Å². The number of ether oxygens (including phenoxy) is 3. The number of benzene rings is 3. The summed E-state index contributed by atoms with van der Waals surface area (Å²) in [6, 6.07) is 22.5. The summed E-state index contributed by atoms with van der Waals surface area (Å²) in [5, 5.41) is 4.10. The molecule has 0 aliphatic rings. The van der Waals surface area contributed by atoms with Crippen molar-refractivity contribution in [1.82, 2.24) is 5.43 Å². The van der Waals surface area contributed by atoms with Crippen LogP contribution in [-0.4, -0.2) is 25.3 Å². The van der Waals surface area contributed by atoms with E-state index in [1.165, 1.54) is 0 Å². The van der Waals surface area contributed by atoms with Gasteiger partial charge in [0.1, 0.15) is 23.9 Å². The van der Waals surface area contributed by atoms with Crippen molar-refractivity contribution in [3.63, 3.8) is 0 Å². The number of hydrogen-bond acceptors (Lipinski definition) is 5. The SMILES string of the molecule is CCCOc1ccc(/C=N/NC(=O)c2ccc(OCc3ccccc3)cc2)c(OCCC)c1. The van der Waals surface area contributed by atoms with Crippen LogP contribution in [0.15, 0.2) is 77.9 Å². The number of nitrogens with one attached hydrogen (secondary N) is 1. The first kappa shape index (κ1) is 23.9. The molecule has 0 saturated heterocycles. The summed E-state index contributed by atoms with van der Waals surface area (Å²) in [5.41, 5.74) is 4.90. The highest BCUT2D eigenvalue weighted by Crippen LogP contribution is 2.24. The van der Waals surface area contributed by atoms with E-state index < -0.39 is 0 Å². The first-order valence-corrected chi connectivity index (χ1v) is 11.2. The molecule has 3 aromatic carbocycles. The van der Waals surface area contributed by atoms with Crippen LogP contribution in [0.5, 0.6) is 17.2 Å². The van der Waals surface area contributed by atoms with E-state index in [-0.39, 0.29) is 5.91 Å². The summed E-state index contributed by atoms with van der Waals surface area (Å²) in [7, 11) is 0. The van der Waals surface area contributed by atoms with Crippen molar-refractivity contribution >= 4 is 12.1 Å². The molecule has 1 amide bonds. The van der Waals surface area contributed by atoms with Gasteiger partial charge < -0.3 is 14.2 Å². The van der Waals surface area contributed by atoms with Crippen molar-refractivity contribution in [1.29, 1.82) is 0 Å². The fraction of sp³-hybridized carbons (Fsp3) is 0.259. The van der Waals surface area contributed by atoms with Gasteiger partial charge in [-0.25, -0.2) is 5.43 Å². The first-order chi connectivity index (χ1) is 16.2. The molecule has 3 rings (SSSR count). The van der Waals surface area contributed by atoms with Gasteiger partial charge in [0, 0.05) is 17.2 Å². The molecule has 0 fully saturated rings. The second-order valence-corrected chi connectivity index (χ2v) is 7.39. The Morgan fingerprint density at radius 2 is 1.55 bits per heavy atom. The molecular formula is C27H30N2O4. The molecule has 0 bridgehead atoms. The number of carbonyl (C=O) groups is 1. The highest BCUT2D eigenvalue weighted by atomic mass is 16.5. The van der Waals surface area contributed by atoms with Crippen molar-refractivity contribution in [2.45, 2.75) is 33.3 Å². The summed E-state index contributed by atoms with van der Waals surface area (Å²) >= 11 is 0. The number of rotatable bonds is 12. The molecule has 0 radical (unpaired) electrons. The van der Waals surface area contributed by atoms with Crippen LogP contribution >= 0.6 is 0 Å². The second-order valence-electron chi connectivity index (χ2n) is 7.39. The predicted octanol–water partition coefficient (Wildman–Crippen LogP) is 5.61. The second kappa shape index (κ2) is 12.9. The molecule has 0 aliphatic carbocycles. The molecule has 0 spiro atoms. The lowest BCUT2D eigenvalue weighted by Gasteiger charge is -2.11. The summed E-state index contributed by atoms with van der Waals surface area (Å²) in [6.45, 7) is 5.81. The highest BCUT2D eigenvalue weighted by molar-refractivity contribution is 5.95. The van der Waals surface area contributed by atoms with Crippen molar-refractivity contribution < 1.29 is 19.0 Å². The van der Waals surface area contributed by atoms with E-state index in [1.807, 2.05) is 55.5 Å². The van der Waals surface area contributed by atoms with E-state index in [9.17, 15) is 4.79 Å². The quantitative estimate of drug-likeness (QED) is 0.290. The average Bonchev–Trinajstić information content (AvgIpc) is 2.86. The van der Waals surface area contributed by atoms with E-state index in [0.717, 1.165) is 29.7 Å². The Balaban J connectivity index is 1.57. The molecule has 1 N–H and O–H groups in total. The maximum Gasteiger partial charge on any atom is 0.271 e. The van der Waals surface area contributed by atoms with Crippen molar-refractivity contribution in [2.75, 3.05) is 13.2 Å². The molecule has 0 aliphatic heterocycles. The molecule has 0 saturated carbocycles. The molecule has 33 heavy (non-hydrogen) atoms. The third kappa shape index (κ3) is 7.68. The van der Waals surface area contributed by atoms with Gasteiger partial charge in [-0.2, -0.15) is 5.10 Å². The largest absolute Gasteiger partial charge is 0.493 e. The highest BCUT2D eigenvalue weighted by Gasteiger charge is 2.07. The molecule has 3 aromatic rings. The zero-order valence-corrected chi connectivity index (χ0v) is 19.1. The van der Waals surface area contributed by atoms with Crippen LogP contribution in [-0.2, 0) is 6.61 Å². The van der Waals surface area contributed by atoms with Gasteiger partial charge in [0.2, 0.25) is 0 Å². The lowest BCUT2D eigenvalue weighted by Crippen LogP contribution is -2.17. The standard InChI is InChI=1S/C27H30N2O4/c1-3-16-31-25-15-12-23(26(18-25)32-17-4-2)19-28-29-27(30)22-10-13-24(14-11-22)33-20-21-8-6-5-7-9-21/h5-15,18-19H,3-4,16-17,20H2,1-2H3,(H,29,30)/b28-19+. The smallest absolute Gasteiger partial charge is 0.271 e. The zero-order valence-electron chi connectivity index (χ0n) is 19.1. The van der Waals surface area contributed by atoms with E-state index in [0.29, 0.717) is 36.9 Å². The van der Waals surface area contributed by atoms with Gasteiger partial charge in [-0.1, -0.05) is 44.2 Å². The fourth-order valence-electron chi connectivity index (χ4n) is 2.94. The Hall–Kier alpha value is -3.80. The van der Waals surface area contributed by atoms with Crippen LogP contribution in [0.3, 0.4) is 0 Å². The molecule has 0 unspecified atom stereocenters. The van der Waals surface area contributed by atoms with Crippen molar-refractivity contribution in [3.8, 4) is 17.2 Å². The maximum atomic E-state index is 12.4. The summed E-state index contributed by atoms with van der Waals surface area (Å²) < 4.78 is 17.3. The molecule has 6 heteroatoms. The third-order valence-corrected chi connectivity index (χ3v) is 4.65. The van der Waals surface area contributed by atoms with Gasteiger partial charge in [-0.15, -0.1) is 0 Å². The van der Waals surface area contributed by atoms with Gasteiger partial charge in [0.25, 0.3) is 5.91 Å². The first-order valence-electron chi connectivity index (χ1n) is 11.2. The molecule has 0 heterocycles. The monoisotopic (exact) mass is 446 g/mol. The van der Waals surface area contributed by atoms with Crippen LogP contribution in [0.1, 0.15) is 48.2 Å². The Morgan fingerprint density at radius 1 is 0.848 bits per heavy atom. The number of hydrazone groups is 1. The Labute approximate surface area is 195 Å². The Bertz CT molecular complexity index is 1030. The number of hydrogen-bond donors (Lipinski definition) is 1. The minimum absolute atomic E-state index is 0.306.